The predicted molar refractivity (Wildman–Crippen MR) is 76.7 cm³/mol. The van der Waals surface area contributed by atoms with Crippen LogP contribution in [-0.2, 0) is 11.2 Å². The first-order valence-electron chi connectivity index (χ1n) is 7.17. The Bertz CT molecular complexity index is 490. The molecule has 1 fully saturated rings. The Hall–Kier alpha value is -1.84. The molecule has 1 aliphatic rings. The molecule has 0 saturated heterocycles. The van der Waals surface area contributed by atoms with Gasteiger partial charge in [0.2, 0.25) is 5.91 Å². The smallest absolute Gasteiger partial charge is 0.335 e. The molecular weight excluding hydrogens is 254 g/mol. The zero-order chi connectivity index (χ0) is 14.5. The van der Waals surface area contributed by atoms with E-state index in [9.17, 15) is 9.59 Å². The van der Waals surface area contributed by atoms with Gasteiger partial charge in [-0.3, -0.25) is 4.79 Å². The van der Waals surface area contributed by atoms with Gasteiger partial charge in [-0.1, -0.05) is 25.1 Å². The molecular formula is C16H21NO3. The Morgan fingerprint density at radius 3 is 2.50 bits per heavy atom. The average Bonchev–Trinajstić information content (AvgIpc) is 2.41. The van der Waals surface area contributed by atoms with Crippen molar-refractivity contribution in [3.63, 3.8) is 0 Å². The third kappa shape index (κ3) is 3.83. The molecule has 0 atom stereocenters. The van der Waals surface area contributed by atoms with Crippen molar-refractivity contribution in [1.82, 2.24) is 5.32 Å². The maximum Gasteiger partial charge on any atom is 0.335 e. The summed E-state index contributed by atoms with van der Waals surface area (Å²) >= 11 is 0. The number of carbonyl (C=O) groups excluding carboxylic acids is 1. The van der Waals surface area contributed by atoms with Crippen LogP contribution in [0, 0.1) is 5.92 Å². The number of amides is 1. The van der Waals surface area contributed by atoms with Crippen LogP contribution in [0.2, 0.25) is 0 Å². The van der Waals surface area contributed by atoms with Gasteiger partial charge in [-0.25, -0.2) is 4.79 Å². The Kier molecular flexibility index (Phi) is 4.77. The lowest BCUT2D eigenvalue weighted by atomic mass is 9.87. The van der Waals surface area contributed by atoms with Gasteiger partial charge < -0.3 is 10.4 Å². The molecule has 20 heavy (non-hydrogen) atoms. The molecule has 4 heteroatoms. The molecule has 0 aliphatic heterocycles. The number of hydrogen-bond donors (Lipinski definition) is 2. The lowest BCUT2D eigenvalue weighted by molar-refractivity contribution is -0.121. The number of nitrogens with one attached hydrogen (secondary N) is 1. The number of carbonyl (C=O) groups is 2. The minimum atomic E-state index is -0.986. The highest BCUT2D eigenvalue weighted by atomic mass is 16.4. The minimum absolute atomic E-state index is 0.0850. The first kappa shape index (κ1) is 14.6. The number of rotatable bonds is 4. The fourth-order valence-electron chi connectivity index (χ4n) is 2.74. The highest BCUT2D eigenvalue weighted by molar-refractivity contribution is 5.91. The Morgan fingerprint density at radius 1 is 1.20 bits per heavy atom. The van der Waals surface area contributed by atoms with Crippen molar-refractivity contribution in [3.05, 3.63) is 35.4 Å². The average molecular weight is 275 g/mol. The van der Waals surface area contributed by atoms with Gasteiger partial charge in [-0.2, -0.15) is 0 Å². The van der Waals surface area contributed by atoms with Gasteiger partial charge in [-0.15, -0.1) is 0 Å². The van der Waals surface area contributed by atoms with Crippen LogP contribution in [0.15, 0.2) is 24.3 Å². The summed E-state index contributed by atoms with van der Waals surface area (Å²) in [7, 11) is 0. The number of carboxylic acids is 1. The van der Waals surface area contributed by atoms with Crippen LogP contribution in [-0.4, -0.2) is 23.0 Å². The van der Waals surface area contributed by atoms with Crippen molar-refractivity contribution < 1.29 is 14.7 Å². The van der Waals surface area contributed by atoms with E-state index >= 15 is 0 Å². The first-order chi connectivity index (χ1) is 9.56. The molecule has 1 aromatic rings. The SMILES string of the molecule is CC1CCC(NC(=O)Cc2ccccc2C(=O)O)CC1. The zero-order valence-electron chi connectivity index (χ0n) is 11.8. The van der Waals surface area contributed by atoms with Crippen LogP contribution in [0.5, 0.6) is 0 Å². The van der Waals surface area contributed by atoms with Crippen molar-refractivity contribution in [3.8, 4) is 0 Å². The largest absolute Gasteiger partial charge is 0.478 e. The zero-order valence-corrected chi connectivity index (χ0v) is 11.8. The molecule has 108 valence electrons. The summed E-state index contributed by atoms with van der Waals surface area (Å²) in [6.45, 7) is 2.24. The van der Waals surface area contributed by atoms with E-state index in [1.165, 1.54) is 6.07 Å². The molecule has 2 N–H and O–H groups in total. The normalized spacial score (nSPS) is 22.2. The molecule has 2 rings (SSSR count). The minimum Gasteiger partial charge on any atom is -0.478 e. The van der Waals surface area contributed by atoms with E-state index in [0.29, 0.717) is 5.56 Å². The summed E-state index contributed by atoms with van der Waals surface area (Å²) in [6, 6.07) is 6.92. The van der Waals surface area contributed by atoms with E-state index in [0.717, 1.165) is 31.6 Å². The molecule has 1 aliphatic carbocycles. The summed E-state index contributed by atoms with van der Waals surface area (Å²) in [6.07, 6.45) is 4.48. The van der Waals surface area contributed by atoms with Crippen LogP contribution in [0.25, 0.3) is 0 Å². The second-order valence-electron chi connectivity index (χ2n) is 5.66. The van der Waals surface area contributed by atoms with Crippen LogP contribution in [0.4, 0.5) is 0 Å². The fraction of sp³-hybridized carbons (Fsp3) is 0.500. The van der Waals surface area contributed by atoms with Gasteiger partial charge in [0.15, 0.2) is 0 Å². The maximum absolute atomic E-state index is 12.0. The molecule has 0 aromatic heterocycles. The number of hydrogen-bond acceptors (Lipinski definition) is 2. The molecule has 0 bridgehead atoms. The molecule has 0 heterocycles. The van der Waals surface area contributed by atoms with E-state index in [4.69, 9.17) is 5.11 Å². The van der Waals surface area contributed by atoms with E-state index in [1.807, 2.05) is 0 Å². The fourth-order valence-corrected chi connectivity index (χ4v) is 2.74. The topological polar surface area (TPSA) is 66.4 Å². The molecule has 1 amide bonds. The van der Waals surface area contributed by atoms with E-state index in [2.05, 4.69) is 12.2 Å². The number of carboxylic acid groups (broad SMARTS) is 1. The second kappa shape index (κ2) is 6.55. The Labute approximate surface area is 119 Å². The molecule has 0 spiro atoms. The monoisotopic (exact) mass is 275 g/mol. The van der Waals surface area contributed by atoms with Gasteiger partial charge in [0.1, 0.15) is 0 Å². The van der Waals surface area contributed by atoms with Crippen molar-refractivity contribution in [2.75, 3.05) is 0 Å². The van der Waals surface area contributed by atoms with Crippen molar-refractivity contribution >= 4 is 11.9 Å². The summed E-state index contributed by atoms with van der Waals surface area (Å²) in [5.74, 6) is -0.325. The molecule has 0 unspecified atom stereocenters. The summed E-state index contributed by atoms with van der Waals surface area (Å²) in [4.78, 5) is 23.1. The number of aromatic carboxylic acids is 1. The Morgan fingerprint density at radius 2 is 1.85 bits per heavy atom. The molecule has 1 aromatic carbocycles. The van der Waals surface area contributed by atoms with Gasteiger partial charge in [0.05, 0.1) is 12.0 Å². The van der Waals surface area contributed by atoms with Crippen molar-refractivity contribution in [2.45, 2.75) is 45.1 Å². The highest BCUT2D eigenvalue weighted by Crippen LogP contribution is 2.23. The third-order valence-electron chi connectivity index (χ3n) is 3.98. The standard InChI is InChI=1S/C16H21NO3/c1-11-6-8-13(9-7-11)17-15(18)10-12-4-2-3-5-14(12)16(19)20/h2-5,11,13H,6-10H2,1H3,(H,17,18)(H,19,20). The van der Waals surface area contributed by atoms with E-state index in [1.54, 1.807) is 18.2 Å². The van der Waals surface area contributed by atoms with Crippen LogP contribution >= 0.6 is 0 Å². The van der Waals surface area contributed by atoms with Crippen LogP contribution < -0.4 is 5.32 Å². The lowest BCUT2D eigenvalue weighted by Gasteiger charge is -2.27. The van der Waals surface area contributed by atoms with E-state index < -0.39 is 5.97 Å². The van der Waals surface area contributed by atoms with Gasteiger partial charge >= 0.3 is 5.97 Å². The number of benzene rings is 1. The molecule has 1 saturated carbocycles. The third-order valence-corrected chi connectivity index (χ3v) is 3.98. The summed E-state index contributed by atoms with van der Waals surface area (Å²) in [5, 5.41) is 12.1. The first-order valence-corrected chi connectivity index (χ1v) is 7.17. The van der Waals surface area contributed by atoms with Gasteiger partial charge in [0, 0.05) is 6.04 Å². The highest BCUT2D eigenvalue weighted by Gasteiger charge is 2.20. The molecule has 0 radical (unpaired) electrons. The second-order valence-corrected chi connectivity index (χ2v) is 5.66. The lowest BCUT2D eigenvalue weighted by Crippen LogP contribution is -2.38. The summed E-state index contributed by atoms with van der Waals surface area (Å²) < 4.78 is 0. The van der Waals surface area contributed by atoms with Gasteiger partial charge in [0.25, 0.3) is 0 Å². The predicted octanol–water partition coefficient (Wildman–Crippen LogP) is 2.62. The van der Waals surface area contributed by atoms with Crippen LogP contribution in [0.3, 0.4) is 0 Å². The maximum atomic E-state index is 12.0. The quantitative estimate of drug-likeness (QED) is 0.887. The van der Waals surface area contributed by atoms with Gasteiger partial charge in [-0.05, 0) is 43.2 Å². The van der Waals surface area contributed by atoms with E-state index in [-0.39, 0.29) is 23.9 Å². The molecule has 4 nitrogen and oxygen atoms in total. The van der Waals surface area contributed by atoms with Crippen molar-refractivity contribution in [2.24, 2.45) is 5.92 Å². The van der Waals surface area contributed by atoms with Crippen molar-refractivity contribution in [1.29, 1.82) is 0 Å². The summed E-state index contributed by atoms with van der Waals surface area (Å²) in [5.41, 5.74) is 0.779. The van der Waals surface area contributed by atoms with Crippen LogP contribution in [0.1, 0.15) is 48.5 Å². The Balaban J connectivity index is 1.93.